The molecule has 0 saturated heterocycles. The Morgan fingerprint density at radius 2 is 1.85 bits per heavy atom. The molecule has 0 bridgehead atoms. The van der Waals surface area contributed by atoms with Gasteiger partial charge < -0.3 is 9.64 Å². The normalized spacial score (nSPS) is 13.7. The van der Waals surface area contributed by atoms with Crippen molar-refractivity contribution in [1.29, 1.82) is 0 Å². The summed E-state index contributed by atoms with van der Waals surface area (Å²) in [7, 11) is 2.04. The van der Waals surface area contributed by atoms with Gasteiger partial charge in [-0.2, -0.15) is 13.2 Å². The molecular weight excluding hydrogens is 371 g/mol. The number of hydrogen-bond donors (Lipinski definition) is 0. The lowest BCUT2D eigenvalue weighted by Gasteiger charge is -2.12. The van der Waals surface area contributed by atoms with Crippen molar-refractivity contribution in [3.8, 4) is 16.9 Å². The maximum absolute atomic E-state index is 13.5. The number of likely N-dealkylation sites (N-methyl/N-ethyl adjacent to an activating group) is 1. The first-order valence-electron chi connectivity index (χ1n) is 8.64. The maximum atomic E-state index is 13.5. The standard InChI is InChI=1S/C21H18F3NOS/c1-25-10-9-15-11-16(7-8-19(15)25)26-13-17-12-18(14-5-3-2-4-6-14)20(27-17)21(22,23)24/h2-8,11-12H,9-10,13H2,1H3. The fourth-order valence-electron chi connectivity index (χ4n) is 3.34. The first kappa shape index (κ1) is 17.9. The fourth-order valence-corrected chi connectivity index (χ4v) is 4.30. The Kier molecular flexibility index (Phi) is 4.60. The van der Waals surface area contributed by atoms with Crippen LogP contribution in [-0.2, 0) is 19.2 Å². The van der Waals surface area contributed by atoms with Gasteiger partial charge in [-0.05, 0) is 41.8 Å². The molecule has 0 amide bonds. The van der Waals surface area contributed by atoms with Crippen LogP contribution in [0.1, 0.15) is 15.3 Å². The summed E-state index contributed by atoms with van der Waals surface area (Å²) >= 11 is 0.748. The Bertz CT molecular complexity index is 950. The molecule has 2 aromatic carbocycles. The van der Waals surface area contributed by atoms with Crippen LogP contribution >= 0.6 is 11.3 Å². The number of anilines is 1. The topological polar surface area (TPSA) is 12.5 Å². The van der Waals surface area contributed by atoms with E-state index >= 15 is 0 Å². The molecule has 140 valence electrons. The van der Waals surface area contributed by atoms with Gasteiger partial charge in [0.2, 0.25) is 0 Å². The molecule has 2 nitrogen and oxygen atoms in total. The minimum atomic E-state index is -4.38. The molecular formula is C21H18F3NOS. The summed E-state index contributed by atoms with van der Waals surface area (Å²) in [5, 5.41) is 0. The largest absolute Gasteiger partial charge is 0.488 e. The van der Waals surface area contributed by atoms with Gasteiger partial charge in [-0.3, -0.25) is 0 Å². The Labute approximate surface area is 159 Å². The van der Waals surface area contributed by atoms with Crippen LogP contribution in [0, 0.1) is 0 Å². The lowest BCUT2D eigenvalue weighted by Crippen LogP contribution is -2.12. The minimum Gasteiger partial charge on any atom is -0.488 e. The van der Waals surface area contributed by atoms with Gasteiger partial charge in [-0.1, -0.05) is 30.3 Å². The van der Waals surface area contributed by atoms with Crippen LogP contribution in [0.2, 0.25) is 0 Å². The zero-order valence-corrected chi connectivity index (χ0v) is 15.5. The molecule has 0 saturated carbocycles. The molecule has 6 heteroatoms. The molecule has 0 atom stereocenters. The number of hydrogen-bond acceptors (Lipinski definition) is 3. The quantitative estimate of drug-likeness (QED) is 0.542. The Morgan fingerprint density at radius 3 is 2.59 bits per heavy atom. The van der Waals surface area contributed by atoms with E-state index in [1.807, 2.05) is 25.2 Å². The van der Waals surface area contributed by atoms with Crippen LogP contribution < -0.4 is 9.64 Å². The second-order valence-corrected chi connectivity index (χ2v) is 7.71. The van der Waals surface area contributed by atoms with Gasteiger partial charge in [0.15, 0.2) is 0 Å². The van der Waals surface area contributed by atoms with E-state index in [0.717, 1.165) is 24.3 Å². The SMILES string of the molecule is CN1CCc2cc(OCc3cc(-c4ccccc4)c(C(F)(F)F)s3)ccc21. The smallest absolute Gasteiger partial charge is 0.426 e. The molecule has 3 aromatic rings. The number of benzene rings is 2. The van der Waals surface area contributed by atoms with Crippen molar-refractivity contribution in [3.05, 3.63) is 69.9 Å². The molecule has 1 aliphatic heterocycles. The highest BCUT2D eigenvalue weighted by Crippen LogP contribution is 2.43. The summed E-state index contributed by atoms with van der Waals surface area (Å²) in [6.45, 7) is 1.09. The first-order chi connectivity index (χ1) is 12.9. The van der Waals surface area contributed by atoms with Gasteiger partial charge in [-0.15, -0.1) is 11.3 Å². The minimum absolute atomic E-state index is 0.120. The Balaban J connectivity index is 1.57. The van der Waals surface area contributed by atoms with E-state index < -0.39 is 11.1 Å². The highest BCUT2D eigenvalue weighted by atomic mass is 32.1. The summed E-state index contributed by atoms with van der Waals surface area (Å²) in [6, 6.07) is 16.1. The molecule has 27 heavy (non-hydrogen) atoms. The third-order valence-corrected chi connectivity index (χ3v) is 5.84. The van der Waals surface area contributed by atoms with Crippen molar-refractivity contribution in [2.45, 2.75) is 19.2 Å². The fraction of sp³-hybridized carbons (Fsp3) is 0.238. The molecule has 0 unspecified atom stereocenters. The molecule has 0 fully saturated rings. The molecule has 2 heterocycles. The summed E-state index contributed by atoms with van der Waals surface area (Å²) in [5.74, 6) is 0.687. The number of ether oxygens (including phenoxy) is 1. The highest BCUT2D eigenvalue weighted by molar-refractivity contribution is 7.12. The van der Waals surface area contributed by atoms with Crippen LogP contribution in [0.15, 0.2) is 54.6 Å². The molecule has 0 aliphatic carbocycles. The van der Waals surface area contributed by atoms with Crippen molar-refractivity contribution in [1.82, 2.24) is 0 Å². The summed E-state index contributed by atoms with van der Waals surface area (Å²) in [6.07, 6.45) is -3.43. The van der Waals surface area contributed by atoms with Gasteiger partial charge >= 0.3 is 6.18 Å². The third kappa shape index (κ3) is 3.67. The van der Waals surface area contributed by atoms with Crippen molar-refractivity contribution in [2.75, 3.05) is 18.5 Å². The van der Waals surface area contributed by atoms with Gasteiger partial charge in [-0.25, -0.2) is 0 Å². The zero-order valence-electron chi connectivity index (χ0n) is 14.7. The average molecular weight is 389 g/mol. The average Bonchev–Trinajstić information content (AvgIpc) is 3.25. The monoisotopic (exact) mass is 389 g/mol. The van der Waals surface area contributed by atoms with Crippen LogP contribution in [-0.4, -0.2) is 13.6 Å². The third-order valence-electron chi connectivity index (χ3n) is 4.69. The predicted octanol–water partition coefficient (Wildman–Crippen LogP) is 6.01. The van der Waals surface area contributed by atoms with E-state index in [4.69, 9.17) is 4.74 Å². The van der Waals surface area contributed by atoms with Gasteiger partial charge in [0.05, 0.1) is 0 Å². The number of halogens is 3. The Morgan fingerprint density at radius 1 is 1.07 bits per heavy atom. The van der Waals surface area contributed by atoms with E-state index in [-0.39, 0.29) is 12.2 Å². The van der Waals surface area contributed by atoms with Gasteiger partial charge in [0.25, 0.3) is 0 Å². The summed E-state index contributed by atoms with van der Waals surface area (Å²) in [4.78, 5) is 2.15. The second kappa shape index (κ2) is 6.93. The summed E-state index contributed by atoms with van der Waals surface area (Å²) in [5.41, 5.74) is 3.17. The number of fused-ring (bicyclic) bond motifs is 1. The van der Waals surface area contributed by atoms with E-state index in [0.29, 0.717) is 16.2 Å². The maximum Gasteiger partial charge on any atom is 0.426 e. The molecule has 1 aliphatic rings. The number of nitrogens with zero attached hydrogens (tertiary/aromatic N) is 1. The molecule has 1 aromatic heterocycles. The Hall–Kier alpha value is -2.47. The number of rotatable bonds is 4. The van der Waals surface area contributed by atoms with Crippen molar-refractivity contribution in [2.24, 2.45) is 0 Å². The van der Waals surface area contributed by atoms with Crippen LogP contribution in [0.4, 0.5) is 18.9 Å². The van der Waals surface area contributed by atoms with Gasteiger partial charge in [0, 0.05) is 29.7 Å². The van der Waals surface area contributed by atoms with E-state index in [1.54, 1.807) is 36.4 Å². The number of alkyl halides is 3. The van der Waals surface area contributed by atoms with E-state index in [9.17, 15) is 13.2 Å². The van der Waals surface area contributed by atoms with Crippen molar-refractivity contribution < 1.29 is 17.9 Å². The highest BCUT2D eigenvalue weighted by Gasteiger charge is 2.36. The van der Waals surface area contributed by atoms with Crippen LogP contribution in [0.5, 0.6) is 5.75 Å². The summed E-state index contributed by atoms with van der Waals surface area (Å²) < 4.78 is 46.2. The lowest BCUT2D eigenvalue weighted by molar-refractivity contribution is -0.133. The molecule has 0 radical (unpaired) electrons. The molecule has 0 N–H and O–H groups in total. The van der Waals surface area contributed by atoms with Crippen LogP contribution in [0.25, 0.3) is 11.1 Å². The molecule has 0 spiro atoms. The van der Waals surface area contributed by atoms with Crippen molar-refractivity contribution >= 4 is 17.0 Å². The number of thiophene rings is 1. The van der Waals surface area contributed by atoms with E-state index in [2.05, 4.69) is 4.90 Å². The van der Waals surface area contributed by atoms with Crippen molar-refractivity contribution in [3.63, 3.8) is 0 Å². The van der Waals surface area contributed by atoms with Crippen LogP contribution in [0.3, 0.4) is 0 Å². The van der Waals surface area contributed by atoms with E-state index in [1.165, 1.54) is 11.3 Å². The molecule has 4 rings (SSSR count). The first-order valence-corrected chi connectivity index (χ1v) is 9.45. The lowest BCUT2D eigenvalue weighted by atomic mass is 10.1. The van der Waals surface area contributed by atoms with Gasteiger partial charge in [0.1, 0.15) is 17.2 Å². The second-order valence-electron chi connectivity index (χ2n) is 6.57. The predicted molar refractivity (Wildman–Crippen MR) is 103 cm³/mol. The zero-order chi connectivity index (χ0) is 19.0.